The molecule has 0 spiro atoms. The molecule has 354 valence electrons. The lowest BCUT2D eigenvalue weighted by atomic mass is 12.3. The third-order valence-electron chi connectivity index (χ3n) is 2.70. The van der Waals surface area contributed by atoms with Gasteiger partial charge in [-0.05, 0) is 73.1 Å². The molecule has 0 saturated carbocycles. The molecule has 0 aromatic heterocycles. The zero-order valence-corrected chi connectivity index (χ0v) is 31.6. The molecule has 0 heterocycles. The Morgan fingerprint density at radius 3 is 0.157 bits per heavy atom. The minimum Gasteiger partial charge on any atom is -0.303 e. The summed E-state index contributed by atoms with van der Waals surface area (Å²) in [6.07, 6.45) is 0. The molecule has 0 aromatic carbocycles. The summed E-state index contributed by atoms with van der Waals surface area (Å²) in [6.45, 7) is 0. The molecule has 0 atom stereocenters. The van der Waals surface area contributed by atoms with Crippen molar-refractivity contribution in [2.75, 3.05) is 0 Å². The summed E-state index contributed by atoms with van der Waals surface area (Å²) in [7, 11) is 0. The second-order valence-electron chi connectivity index (χ2n) is 6.13. The van der Waals surface area contributed by atoms with Crippen LogP contribution in [-0.4, -0.2) is 0 Å². The van der Waals surface area contributed by atoms with Crippen LogP contribution in [0.15, 0.2) is 355 Å². The predicted octanol–water partition coefficient (Wildman–Crippen LogP) is 11.3. The molecular formula is H4N70. The standard InChI is InChI=1S/H4N70/c1-3-5-7-9-11-13-15-17-19-21-23-25-27-29-31-33-35-37-39-41-43-45-47-49-51-53-55-57-59-61-63-65-67-69-70-68-66-64-62-60-58-56-54-52-50-48-46-44-42-40-38-36-34-32-30-28-26-24-22-20-18-16-14-12-10-8-6-4-2/h(H2,1,4,5,8,9,12,13,16,17,20,21,24,25,28,29,32,33,36,37,40,41,44,45,48,49,52,53,56,57,60,61,64,65,68,69)(H2,2,3,6,7,10,11,14,15,18,19,22,23,26,27,30,31,34,35,38,39,42,43,46,47,50,51,54,55,58,59,62,63,66,67,70). The second kappa shape index (κ2) is 55.0. The zero-order chi connectivity index (χ0) is 50.1. The average Bonchev–Trinajstić information content (AvgIpc) is 3.37. The highest BCUT2D eigenvalue weighted by Gasteiger charge is 1.77. The summed E-state index contributed by atoms with van der Waals surface area (Å²) in [6, 6.07) is 0. The lowest BCUT2D eigenvalue weighted by molar-refractivity contribution is 0.723. The van der Waals surface area contributed by atoms with Gasteiger partial charge < -0.3 is 11.7 Å². The van der Waals surface area contributed by atoms with Gasteiger partial charge in [0.15, 0.2) is 0 Å². The molecule has 0 fully saturated rings. The maximum absolute atomic E-state index is 4.63. The van der Waals surface area contributed by atoms with Crippen molar-refractivity contribution >= 4 is 0 Å². The van der Waals surface area contributed by atoms with Gasteiger partial charge in [-0.15, -0.1) is 0 Å². The van der Waals surface area contributed by atoms with Gasteiger partial charge in [0.2, 0.25) is 0 Å². The van der Waals surface area contributed by atoms with Gasteiger partial charge in [-0.3, -0.25) is 0 Å². The van der Waals surface area contributed by atoms with Crippen LogP contribution in [0.4, 0.5) is 0 Å². The molecule has 0 unspecified atom stereocenters. The first-order valence-electron chi connectivity index (χ1n) is 13.9. The van der Waals surface area contributed by atoms with Gasteiger partial charge in [0.25, 0.3) is 0 Å². The minimum atomic E-state index is 2.75. The molecule has 0 amide bonds. The van der Waals surface area contributed by atoms with E-state index in [0.29, 0.717) is 0 Å². The van der Waals surface area contributed by atoms with Gasteiger partial charge in [0.05, 0.1) is 0 Å². The number of hydrogen-bond acceptors (Lipinski definition) is 2. The number of nitrogens with two attached hydrogens (primary N) is 2. The zero-order valence-electron chi connectivity index (χ0n) is 31.6. The van der Waals surface area contributed by atoms with Crippen LogP contribution in [0.5, 0.6) is 0 Å². The molecule has 0 rings (SSSR count). The van der Waals surface area contributed by atoms with Crippen molar-refractivity contribution in [1.82, 2.24) is 0 Å². The molecule has 0 aromatic rings. The van der Waals surface area contributed by atoms with Gasteiger partial charge >= 0.3 is 0 Å². The fraction of sp³-hybridized carbons (Fsp3) is 0. The molecule has 4 N–H and O–H groups in total. The Morgan fingerprint density at radius 1 is 0.0714 bits per heavy atom. The topological polar surface area (TPSA) is 893 Å². The molecule has 0 radical (unpaired) electrons. The summed E-state index contributed by atoms with van der Waals surface area (Å²) in [5.74, 6) is 9.26. The van der Waals surface area contributed by atoms with E-state index < -0.39 is 0 Å². The Balaban J connectivity index is 4.09. The van der Waals surface area contributed by atoms with E-state index in [0.717, 1.165) is 0 Å². The van der Waals surface area contributed by atoms with E-state index in [2.05, 4.69) is 367 Å². The normalized spacial score (nSPS) is 15.6. The Kier molecular flexibility index (Phi) is 44.0. The summed E-state index contributed by atoms with van der Waals surface area (Å²) >= 11 is 0. The van der Waals surface area contributed by atoms with Crippen molar-refractivity contribution in [1.29, 1.82) is 0 Å². The van der Waals surface area contributed by atoms with Crippen molar-refractivity contribution < 1.29 is 0 Å². The number of hydrogen-bond donors (Lipinski definition) is 2. The van der Waals surface area contributed by atoms with Crippen LogP contribution in [-0.2, 0) is 0 Å². The van der Waals surface area contributed by atoms with E-state index in [1.165, 1.54) is 0 Å². The maximum Gasteiger partial charge on any atom is 0 e. The van der Waals surface area contributed by atoms with E-state index in [1.54, 1.807) is 0 Å². The van der Waals surface area contributed by atoms with Crippen LogP contribution >= 0.6 is 0 Å². The summed E-state index contributed by atoms with van der Waals surface area (Å²) in [5, 5.41) is 203. The van der Waals surface area contributed by atoms with Gasteiger partial charge in [-0.2, -0.15) is 0 Å². The van der Waals surface area contributed by atoms with E-state index in [4.69, 9.17) is 0 Å². The van der Waals surface area contributed by atoms with E-state index in [1.807, 2.05) is 0 Å². The Labute approximate surface area is 367 Å². The van der Waals surface area contributed by atoms with Crippen LogP contribution in [0.25, 0.3) is 0 Å². The lowest BCUT2D eigenvalue weighted by Crippen LogP contribution is -1.70. The SMILES string of the molecule is N/N=N/N=N/N=N/N=N/N=N/N=N/N=N/N=N/N=N/N=N/N=N/N=N/N=N/N=N/N=N/N=N/N=N/N=N/N=N/N=N/N=N/N=N/N=N/N=N/N=N/N=N/N=N/N=N/N=N/N=N/N=N/N=N/N=N/N=N/N. The molecular weight excluding hydrogens is 980 g/mol. The van der Waals surface area contributed by atoms with E-state index >= 15 is 0 Å². The third-order valence-corrected chi connectivity index (χ3v) is 2.70. The van der Waals surface area contributed by atoms with Gasteiger partial charge in [-0.25, -0.2) is 0 Å². The average molecular weight is 985 g/mol. The molecule has 70 heteroatoms. The molecule has 0 bridgehead atoms. The monoisotopic (exact) mass is 984 g/mol. The highest BCUT2D eigenvalue weighted by molar-refractivity contribution is 4.20. The summed E-state index contributed by atoms with van der Waals surface area (Å²) in [4.78, 5) is 0. The van der Waals surface area contributed by atoms with Crippen LogP contribution in [0.3, 0.4) is 0 Å². The highest BCUT2D eigenvalue weighted by Crippen LogP contribution is 1.95. The molecule has 70 nitrogen and oxygen atoms in total. The summed E-state index contributed by atoms with van der Waals surface area (Å²) < 4.78 is 0. The van der Waals surface area contributed by atoms with Gasteiger partial charge in [-0.1, -0.05) is 10.4 Å². The lowest BCUT2D eigenvalue weighted by Gasteiger charge is -1.70. The van der Waals surface area contributed by atoms with Crippen molar-refractivity contribution in [3.63, 3.8) is 0 Å². The van der Waals surface area contributed by atoms with Crippen LogP contribution in [0, 0.1) is 0 Å². The first kappa shape index (κ1) is 56.0. The van der Waals surface area contributed by atoms with Crippen molar-refractivity contribution in [3.05, 3.63) is 0 Å². The predicted molar refractivity (Wildman–Crippen MR) is 173 cm³/mol. The molecule has 0 aliphatic carbocycles. The summed E-state index contributed by atoms with van der Waals surface area (Å²) in [5.41, 5.74) is 0. The Bertz CT molecular complexity index is 2210. The van der Waals surface area contributed by atoms with Crippen LogP contribution in [0.2, 0.25) is 0 Å². The Hall–Kier alpha value is -14.0. The first-order valence-corrected chi connectivity index (χ1v) is 13.9. The maximum atomic E-state index is 4.63. The minimum absolute atomic E-state index is 2.75. The first-order chi connectivity index (χ1) is 34.9. The number of nitrogens with zero attached hydrogens (tertiary/aromatic N) is 68. The molecule has 0 saturated heterocycles. The van der Waals surface area contributed by atoms with E-state index in [-0.39, 0.29) is 0 Å². The number of rotatable bonds is 33. The van der Waals surface area contributed by atoms with Crippen molar-refractivity contribution in [3.8, 4) is 0 Å². The largest absolute Gasteiger partial charge is 0.303 e. The smallest absolute Gasteiger partial charge is 0 e. The second-order valence-corrected chi connectivity index (χ2v) is 6.13. The highest BCUT2D eigenvalue weighted by atomic mass is 15.8. The van der Waals surface area contributed by atoms with Crippen molar-refractivity contribution in [2.24, 2.45) is 367 Å². The Morgan fingerprint density at radius 2 is 0.114 bits per heavy atom. The van der Waals surface area contributed by atoms with Crippen LogP contribution in [0.1, 0.15) is 0 Å². The van der Waals surface area contributed by atoms with E-state index in [9.17, 15) is 0 Å². The molecule has 0 aliphatic rings. The van der Waals surface area contributed by atoms with Crippen LogP contribution < -0.4 is 11.7 Å². The fourth-order valence-electron chi connectivity index (χ4n) is 1.19. The third kappa shape index (κ3) is 54.0. The quantitative estimate of drug-likeness (QED) is 0.0368. The van der Waals surface area contributed by atoms with Gasteiger partial charge in [0, 0.05) is 272 Å². The molecule has 70 heavy (non-hydrogen) atoms. The van der Waals surface area contributed by atoms with Crippen molar-refractivity contribution in [2.45, 2.75) is 0 Å². The fourth-order valence-corrected chi connectivity index (χ4v) is 1.19. The molecule has 0 aliphatic heterocycles. The van der Waals surface area contributed by atoms with Gasteiger partial charge in [0.1, 0.15) is 0 Å².